The lowest BCUT2D eigenvalue weighted by Crippen LogP contribution is -2.47. The molecule has 2 fully saturated rings. The molecular weight excluding hydrogens is 470 g/mol. The van der Waals surface area contributed by atoms with Gasteiger partial charge in [-0.05, 0) is 87.3 Å². The van der Waals surface area contributed by atoms with Gasteiger partial charge in [0.05, 0.1) is 34.1 Å². The molecule has 4 rings (SSSR count). The van der Waals surface area contributed by atoms with Crippen LogP contribution in [-0.2, 0) is 4.79 Å². The van der Waals surface area contributed by atoms with E-state index in [1.807, 2.05) is 42.5 Å². The normalized spacial score (nSPS) is 17.5. The summed E-state index contributed by atoms with van der Waals surface area (Å²) in [6.07, 6.45) is 8.12. The Morgan fingerprint density at radius 1 is 0.838 bits per heavy atom. The highest BCUT2D eigenvalue weighted by atomic mass is 16.5. The van der Waals surface area contributed by atoms with Gasteiger partial charge >= 0.3 is 0 Å². The number of methoxy groups -OCH3 is 4. The van der Waals surface area contributed by atoms with Gasteiger partial charge in [0.25, 0.3) is 0 Å². The summed E-state index contributed by atoms with van der Waals surface area (Å²) in [4.78, 5) is 15.7. The fourth-order valence-electron chi connectivity index (χ4n) is 5.25. The quantitative estimate of drug-likeness (QED) is 0.488. The van der Waals surface area contributed by atoms with Gasteiger partial charge in [-0.3, -0.25) is 4.79 Å². The Kier molecular flexibility index (Phi) is 9.30. The first-order valence-corrected chi connectivity index (χ1v) is 13.0. The molecule has 0 aliphatic carbocycles. The minimum absolute atomic E-state index is 0.0149. The van der Waals surface area contributed by atoms with Crippen molar-refractivity contribution in [3.63, 3.8) is 0 Å². The maximum Gasteiger partial charge on any atom is 0.227 e. The Morgan fingerprint density at radius 2 is 1.46 bits per heavy atom. The van der Waals surface area contributed by atoms with Gasteiger partial charge in [0, 0.05) is 12.0 Å². The Balaban J connectivity index is 1.43. The highest BCUT2D eigenvalue weighted by molar-refractivity contribution is 5.94. The van der Waals surface area contributed by atoms with Gasteiger partial charge in [-0.15, -0.1) is 0 Å². The zero-order valence-electron chi connectivity index (χ0n) is 22.3. The van der Waals surface area contributed by atoms with Gasteiger partial charge < -0.3 is 34.5 Å². The van der Waals surface area contributed by atoms with E-state index >= 15 is 0 Å². The smallest absolute Gasteiger partial charge is 0.227 e. The predicted molar refractivity (Wildman–Crippen MR) is 147 cm³/mol. The number of benzene rings is 2. The molecule has 0 atom stereocenters. The number of rotatable bonds is 9. The summed E-state index contributed by atoms with van der Waals surface area (Å²) in [5.74, 6) is 2.46. The standard InChI is InChI=1S/C29H39N3O5/c1-34-25-8-7-20(5-6-21-18-26(35-2)28(37-4)27(19-21)36-3)17-24(25)31-29(33)22-11-15-32(16-12-22)23-9-13-30-14-10-23/h5-8,17-19,22-23,30H,9-16H2,1-4H3,(H,31,33)/b6-5-. The summed E-state index contributed by atoms with van der Waals surface area (Å²) >= 11 is 0. The summed E-state index contributed by atoms with van der Waals surface area (Å²) in [6.45, 7) is 4.15. The Morgan fingerprint density at radius 3 is 2.05 bits per heavy atom. The minimum atomic E-state index is 0.0149. The molecule has 2 heterocycles. The lowest BCUT2D eigenvalue weighted by molar-refractivity contribution is -0.121. The van der Waals surface area contributed by atoms with Crippen molar-refractivity contribution in [2.24, 2.45) is 5.92 Å². The van der Waals surface area contributed by atoms with Gasteiger partial charge in [-0.2, -0.15) is 0 Å². The largest absolute Gasteiger partial charge is 0.495 e. The number of amides is 1. The zero-order valence-corrected chi connectivity index (χ0v) is 22.3. The van der Waals surface area contributed by atoms with Crippen LogP contribution >= 0.6 is 0 Å². The third kappa shape index (κ3) is 6.56. The van der Waals surface area contributed by atoms with E-state index in [1.54, 1.807) is 28.4 Å². The van der Waals surface area contributed by atoms with Crippen LogP contribution in [0.3, 0.4) is 0 Å². The van der Waals surface area contributed by atoms with E-state index < -0.39 is 0 Å². The number of piperidine rings is 2. The predicted octanol–water partition coefficient (Wildman–Crippen LogP) is 4.29. The van der Waals surface area contributed by atoms with Crippen LogP contribution in [0.5, 0.6) is 23.0 Å². The molecule has 37 heavy (non-hydrogen) atoms. The number of hydrogen-bond donors (Lipinski definition) is 2. The van der Waals surface area contributed by atoms with E-state index in [1.165, 1.54) is 12.8 Å². The van der Waals surface area contributed by atoms with E-state index in [4.69, 9.17) is 18.9 Å². The monoisotopic (exact) mass is 509 g/mol. The fourth-order valence-corrected chi connectivity index (χ4v) is 5.25. The van der Waals surface area contributed by atoms with Crippen molar-refractivity contribution >= 4 is 23.7 Å². The molecule has 2 aliphatic heterocycles. The van der Waals surface area contributed by atoms with Crippen LogP contribution in [0.4, 0.5) is 5.69 Å². The number of hydrogen-bond acceptors (Lipinski definition) is 7. The van der Waals surface area contributed by atoms with Crippen molar-refractivity contribution in [2.75, 3.05) is 59.9 Å². The van der Waals surface area contributed by atoms with Gasteiger partial charge in [-0.1, -0.05) is 18.2 Å². The number of carbonyl (C=O) groups excluding carboxylic acids is 1. The topological polar surface area (TPSA) is 81.3 Å². The van der Waals surface area contributed by atoms with E-state index in [0.29, 0.717) is 34.7 Å². The van der Waals surface area contributed by atoms with Crippen LogP contribution in [0, 0.1) is 5.92 Å². The molecule has 2 saturated heterocycles. The highest BCUT2D eigenvalue weighted by Crippen LogP contribution is 2.38. The first-order chi connectivity index (χ1) is 18.1. The highest BCUT2D eigenvalue weighted by Gasteiger charge is 2.29. The van der Waals surface area contributed by atoms with Gasteiger partial charge in [0.1, 0.15) is 5.75 Å². The molecule has 0 unspecified atom stereocenters. The number of likely N-dealkylation sites (tertiary alicyclic amines) is 1. The lowest BCUT2D eigenvalue weighted by atomic mass is 9.93. The zero-order chi connectivity index (χ0) is 26.2. The Labute approximate surface area is 219 Å². The molecule has 1 amide bonds. The molecular formula is C29H39N3O5. The van der Waals surface area contributed by atoms with Crippen molar-refractivity contribution in [3.8, 4) is 23.0 Å². The van der Waals surface area contributed by atoms with Crippen molar-refractivity contribution < 1.29 is 23.7 Å². The van der Waals surface area contributed by atoms with Crippen LogP contribution in [0.1, 0.15) is 36.8 Å². The molecule has 0 radical (unpaired) electrons. The molecule has 2 aromatic carbocycles. The van der Waals surface area contributed by atoms with E-state index in [0.717, 1.165) is 50.1 Å². The maximum absolute atomic E-state index is 13.2. The van der Waals surface area contributed by atoms with Crippen LogP contribution in [0.15, 0.2) is 30.3 Å². The SMILES string of the molecule is COc1ccc(/C=C\c2cc(OC)c(OC)c(OC)c2)cc1NC(=O)C1CCN(C2CCNCC2)CC1. The molecule has 0 saturated carbocycles. The summed E-state index contributed by atoms with van der Waals surface area (Å²) in [6, 6.07) is 10.2. The van der Waals surface area contributed by atoms with Crippen LogP contribution in [-0.4, -0.2) is 71.5 Å². The molecule has 0 spiro atoms. The van der Waals surface area contributed by atoms with Gasteiger partial charge in [-0.25, -0.2) is 0 Å². The second-order valence-corrected chi connectivity index (χ2v) is 9.53. The molecule has 0 aromatic heterocycles. The third-order valence-electron chi connectivity index (χ3n) is 7.36. The number of nitrogens with zero attached hydrogens (tertiary/aromatic N) is 1. The fraction of sp³-hybridized carbons (Fsp3) is 0.483. The first kappa shape index (κ1) is 26.8. The second-order valence-electron chi connectivity index (χ2n) is 9.53. The number of nitrogens with one attached hydrogen (secondary N) is 2. The van der Waals surface area contributed by atoms with Crippen molar-refractivity contribution in [1.82, 2.24) is 10.2 Å². The molecule has 2 aliphatic rings. The summed E-state index contributed by atoms with van der Waals surface area (Å²) in [5, 5.41) is 6.57. The average Bonchev–Trinajstić information content (AvgIpc) is 2.96. The molecule has 2 N–H and O–H groups in total. The Bertz CT molecular complexity index is 1060. The summed E-state index contributed by atoms with van der Waals surface area (Å²) < 4.78 is 21.9. The van der Waals surface area contributed by atoms with E-state index in [9.17, 15) is 4.79 Å². The average molecular weight is 510 g/mol. The van der Waals surface area contributed by atoms with Crippen molar-refractivity contribution in [1.29, 1.82) is 0 Å². The second kappa shape index (κ2) is 12.8. The number of ether oxygens (including phenoxy) is 4. The van der Waals surface area contributed by atoms with E-state index in [-0.39, 0.29) is 11.8 Å². The van der Waals surface area contributed by atoms with Crippen LogP contribution < -0.4 is 29.6 Å². The molecule has 200 valence electrons. The maximum atomic E-state index is 13.2. The number of carbonyl (C=O) groups is 1. The van der Waals surface area contributed by atoms with Gasteiger partial charge in [0.15, 0.2) is 11.5 Å². The third-order valence-corrected chi connectivity index (χ3v) is 7.36. The Hall–Kier alpha value is -3.23. The minimum Gasteiger partial charge on any atom is -0.495 e. The summed E-state index contributed by atoms with van der Waals surface area (Å²) in [7, 11) is 6.40. The molecule has 0 bridgehead atoms. The molecule has 2 aromatic rings. The molecule has 8 heteroatoms. The van der Waals surface area contributed by atoms with Crippen LogP contribution in [0.25, 0.3) is 12.2 Å². The first-order valence-electron chi connectivity index (χ1n) is 13.0. The summed E-state index contributed by atoms with van der Waals surface area (Å²) in [5.41, 5.74) is 2.52. The van der Waals surface area contributed by atoms with Crippen molar-refractivity contribution in [2.45, 2.75) is 31.7 Å². The van der Waals surface area contributed by atoms with Crippen molar-refractivity contribution in [3.05, 3.63) is 41.5 Å². The van der Waals surface area contributed by atoms with Crippen LogP contribution in [0.2, 0.25) is 0 Å². The van der Waals surface area contributed by atoms with E-state index in [2.05, 4.69) is 15.5 Å². The lowest BCUT2D eigenvalue weighted by Gasteiger charge is -2.39. The molecule has 8 nitrogen and oxygen atoms in total. The van der Waals surface area contributed by atoms with Gasteiger partial charge in [0.2, 0.25) is 11.7 Å². The number of anilines is 1.